The van der Waals surface area contributed by atoms with Crippen LogP contribution in [-0.4, -0.2) is 27.5 Å². The van der Waals surface area contributed by atoms with Crippen molar-refractivity contribution in [2.45, 2.75) is 71.2 Å². The van der Waals surface area contributed by atoms with Gasteiger partial charge in [0, 0.05) is 17.9 Å². The highest BCUT2D eigenvalue weighted by atomic mass is 16.3. The van der Waals surface area contributed by atoms with Crippen LogP contribution in [0.2, 0.25) is 0 Å². The van der Waals surface area contributed by atoms with Crippen LogP contribution < -0.4 is 0 Å². The van der Waals surface area contributed by atoms with Gasteiger partial charge in [0.2, 0.25) is 0 Å². The molecule has 4 rings (SSSR count). The molecule has 0 radical (unpaired) electrons. The lowest BCUT2D eigenvalue weighted by molar-refractivity contribution is -0.250. The van der Waals surface area contributed by atoms with Crippen molar-refractivity contribution in [3.63, 3.8) is 0 Å². The predicted octanol–water partition coefficient (Wildman–Crippen LogP) is 2.84. The zero-order chi connectivity index (χ0) is 17.5. The fourth-order valence-corrected chi connectivity index (χ4v) is 6.87. The lowest BCUT2D eigenvalue weighted by Crippen LogP contribution is -2.67. The van der Waals surface area contributed by atoms with E-state index < -0.39 is 17.8 Å². The highest BCUT2D eigenvalue weighted by Crippen LogP contribution is 2.65. The van der Waals surface area contributed by atoms with Gasteiger partial charge >= 0.3 is 0 Å². The molecular weight excluding hydrogens is 304 g/mol. The second kappa shape index (κ2) is 4.87. The average Bonchev–Trinajstić information content (AvgIpc) is 2.93. The van der Waals surface area contributed by atoms with Gasteiger partial charge in [-0.1, -0.05) is 27.2 Å². The van der Waals surface area contributed by atoms with E-state index in [1.54, 1.807) is 13.2 Å². The summed E-state index contributed by atoms with van der Waals surface area (Å²) in [5.74, 6) is 0.609. The van der Waals surface area contributed by atoms with Crippen molar-refractivity contribution in [1.82, 2.24) is 0 Å². The van der Waals surface area contributed by atoms with Gasteiger partial charge in [-0.2, -0.15) is 0 Å². The summed E-state index contributed by atoms with van der Waals surface area (Å²) in [5, 5.41) is 33.4. The quantitative estimate of drug-likeness (QED) is 0.682. The Kier molecular flexibility index (Phi) is 3.37. The molecule has 0 aromatic carbocycles. The first-order valence-electron chi connectivity index (χ1n) is 9.26. The number of hydrogen-bond acceptors (Lipinski definition) is 4. The van der Waals surface area contributed by atoms with Crippen LogP contribution in [-0.2, 0) is 12.0 Å². The number of hydrogen-bond donors (Lipinski definition) is 3. The first-order chi connectivity index (χ1) is 11.1. The molecule has 3 N–H and O–H groups in total. The molecule has 0 spiro atoms. The minimum absolute atomic E-state index is 0.0202. The SMILES string of the molecule is CC1(C)CCC[C@]2(C)[C@H]3Cc4occc4[C@@](C)(O)[C@@H]3[C@@H](O)[C@H](O)[C@@H]12. The Bertz CT molecular complexity index is 646. The van der Waals surface area contributed by atoms with Gasteiger partial charge in [-0.3, -0.25) is 0 Å². The zero-order valence-corrected chi connectivity index (χ0v) is 15.1. The second-order valence-electron chi connectivity index (χ2n) is 9.55. The molecule has 24 heavy (non-hydrogen) atoms. The van der Waals surface area contributed by atoms with E-state index in [0.29, 0.717) is 0 Å². The molecule has 4 nitrogen and oxygen atoms in total. The van der Waals surface area contributed by atoms with Crippen molar-refractivity contribution in [1.29, 1.82) is 0 Å². The third-order valence-corrected chi connectivity index (χ3v) is 7.77. The molecule has 0 unspecified atom stereocenters. The Morgan fingerprint density at radius 3 is 2.50 bits per heavy atom. The molecule has 2 fully saturated rings. The van der Waals surface area contributed by atoms with E-state index in [1.807, 2.05) is 6.07 Å². The van der Waals surface area contributed by atoms with Gasteiger partial charge in [-0.05, 0) is 48.5 Å². The highest BCUT2D eigenvalue weighted by Gasteiger charge is 2.66. The van der Waals surface area contributed by atoms with Crippen molar-refractivity contribution in [3.05, 3.63) is 23.7 Å². The van der Waals surface area contributed by atoms with Crippen LogP contribution in [0.4, 0.5) is 0 Å². The molecule has 3 aliphatic carbocycles. The van der Waals surface area contributed by atoms with E-state index >= 15 is 0 Å². The fraction of sp³-hybridized carbons (Fsp3) is 0.800. The topological polar surface area (TPSA) is 73.8 Å². The van der Waals surface area contributed by atoms with Crippen molar-refractivity contribution < 1.29 is 19.7 Å². The maximum Gasteiger partial charge on any atom is 0.110 e. The van der Waals surface area contributed by atoms with Crippen LogP contribution in [0, 0.1) is 28.6 Å². The Morgan fingerprint density at radius 2 is 1.79 bits per heavy atom. The van der Waals surface area contributed by atoms with E-state index in [9.17, 15) is 15.3 Å². The summed E-state index contributed by atoms with van der Waals surface area (Å²) in [5.41, 5.74) is -0.541. The summed E-state index contributed by atoms with van der Waals surface area (Å²) in [6.45, 7) is 8.45. The molecular formula is C20H30O4. The number of aliphatic hydroxyl groups excluding tert-OH is 2. The summed E-state index contributed by atoms with van der Waals surface area (Å²) in [6, 6.07) is 1.81. The van der Waals surface area contributed by atoms with Gasteiger partial charge in [-0.25, -0.2) is 0 Å². The van der Waals surface area contributed by atoms with Crippen LogP contribution in [0.25, 0.3) is 0 Å². The number of fused-ring (bicyclic) bond motifs is 4. The normalized spacial score (nSPS) is 49.9. The second-order valence-corrected chi connectivity index (χ2v) is 9.55. The highest BCUT2D eigenvalue weighted by molar-refractivity contribution is 5.32. The monoisotopic (exact) mass is 334 g/mol. The molecule has 0 amide bonds. The molecule has 7 atom stereocenters. The fourth-order valence-electron chi connectivity index (χ4n) is 6.87. The van der Waals surface area contributed by atoms with Gasteiger partial charge in [-0.15, -0.1) is 0 Å². The van der Waals surface area contributed by atoms with Crippen LogP contribution in [0.5, 0.6) is 0 Å². The van der Waals surface area contributed by atoms with E-state index in [2.05, 4.69) is 20.8 Å². The van der Waals surface area contributed by atoms with E-state index in [-0.39, 0.29) is 28.6 Å². The van der Waals surface area contributed by atoms with E-state index in [0.717, 1.165) is 37.0 Å². The van der Waals surface area contributed by atoms with Crippen LogP contribution in [0.1, 0.15) is 58.3 Å². The first kappa shape index (κ1) is 16.6. The van der Waals surface area contributed by atoms with Crippen LogP contribution in [0.15, 0.2) is 16.7 Å². The summed E-state index contributed by atoms with van der Waals surface area (Å²) in [7, 11) is 0. The molecule has 1 heterocycles. The van der Waals surface area contributed by atoms with Gasteiger partial charge in [0.05, 0.1) is 24.1 Å². The molecule has 0 saturated heterocycles. The van der Waals surface area contributed by atoms with Crippen LogP contribution in [0.3, 0.4) is 0 Å². The Hall–Kier alpha value is -0.840. The summed E-state index contributed by atoms with van der Waals surface area (Å²) in [6.07, 6.45) is 3.86. The Balaban J connectivity index is 1.88. The molecule has 4 heteroatoms. The zero-order valence-electron chi connectivity index (χ0n) is 15.1. The maximum absolute atomic E-state index is 11.3. The van der Waals surface area contributed by atoms with Crippen molar-refractivity contribution in [2.75, 3.05) is 0 Å². The third kappa shape index (κ3) is 1.91. The largest absolute Gasteiger partial charge is 0.469 e. The lowest BCUT2D eigenvalue weighted by Gasteiger charge is -2.65. The average molecular weight is 334 g/mol. The molecule has 2 saturated carbocycles. The van der Waals surface area contributed by atoms with Gasteiger partial charge in [0.25, 0.3) is 0 Å². The molecule has 3 aliphatic rings. The molecule has 0 aliphatic heterocycles. The van der Waals surface area contributed by atoms with Gasteiger partial charge < -0.3 is 19.7 Å². The van der Waals surface area contributed by atoms with Gasteiger partial charge in [0.1, 0.15) is 5.76 Å². The Labute approximate surface area is 143 Å². The lowest BCUT2D eigenvalue weighted by atomic mass is 9.42. The predicted molar refractivity (Wildman–Crippen MR) is 90.2 cm³/mol. The number of rotatable bonds is 0. The standard InChI is InChI=1S/C20H30O4/c1-18(2)7-5-8-19(3)12-10-13-11(6-9-24-13)20(4,23)14(12)15(21)16(22)17(18)19/h6,9,12,14-17,21-23H,5,7-8,10H2,1-4H3/t12-,14-,15+,16-,17-,19+,20+/m0/s1. The number of furan rings is 1. The van der Waals surface area contributed by atoms with Gasteiger partial charge in [0.15, 0.2) is 0 Å². The molecule has 0 bridgehead atoms. The van der Waals surface area contributed by atoms with Crippen molar-refractivity contribution in [2.24, 2.45) is 28.6 Å². The molecule has 134 valence electrons. The van der Waals surface area contributed by atoms with Crippen molar-refractivity contribution >= 4 is 0 Å². The molecule has 1 aromatic rings. The van der Waals surface area contributed by atoms with Crippen molar-refractivity contribution in [3.8, 4) is 0 Å². The third-order valence-electron chi connectivity index (χ3n) is 7.77. The van der Waals surface area contributed by atoms with E-state index in [1.165, 1.54) is 0 Å². The molecule has 1 aromatic heterocycles. The van der Waals surface area contributed by atoms with Crippen LogP contribution >= 0.6 is 0 Å². The minimum Gasteiger partial charge on any atom is -0.469 e. The minimum atomic E-state index is -1.18. The summed E-state index contributed by atoms with van der Waals surface area (Å²) < 4.78 is 5.68. The summed E-state index contributed by atoms with van der Waals surface area (Å²) >= 11 is 0. The maximum atomic E-state index is 11.3. The summed E-state index contributed by atoms with van der Waals surface area (Å²) in [4.78, 5) is 0. The smallest absolute Gasteiger partial charge is 0.110 e. The number of aliphatic hydroxyl groups is 3. The first-order valence-corrected chi connectivity index (χ1v) is 9.26. The van der Waals surface area contributed by atoms with E-state index in [4.69, 9.17) is 4.42 Å². The Morgan fingerprint density at radius 1 is 1.08 bits per heavy atom.